The largest absolute Gasteiger partial charge is 0.357 e. The second kappa shape index (κ2) is 6.49. The van der Waals surface area contributed by atoms with Gasteiger partial charge < -0.3 is 5.32 Å². The minimum Gasteiger partial charge on any atom is -0.357 e. The maximum atomic E-state index is 11.8. The zero-order valence-electron chi connectivity index (χ0n) is 13.4. The first-order valence-corrected chi connectivity index (χ1v) is 8.00. The maximum absolute atomic E-state index is 11.8. The van der Waals surface area contributed by atoms with E-state index in [-0.39, 0.29) is 10.6 Å². The summed E-state index contributed by atoms with van der Waals surface area (Å²) in [6.45, 7) is 3.68. The molecule has 1 unspecified atom stereocenters. The fraction of sp³-hybridized carbons (Fsp3) is 0.158. The van der Waals surface area contributed by atoms with Gasteiger partial charge in [0.05, 0.1) is 10.6 Å². The van der Waals surface area contributed by atoms with Crippen molar-refractivity contribution in [3.8, 4) is 0 Å². The highest BCUT2D eigenvalue weighted by atomic mass is 35.5. The predicted molar refractivity (Wildman–Crippen MR) is 96.1 cm³/mol. The van der Waals surface area contributed by atoms with E-state index in [9.17, 15) is 10.1 Å². The molecule has 0 bridgehead atoms. The van der Waals surface area contributed by atoms with Crippen molar-refractivity contribution in [2.75, 3.05) is 0 Å². The van der Waals surface area contributed by atoms with Crippen molar-refractivity contribution in [3.05, 3.63) is 98.0 Å². The Hall–Kier alpha value is -2.59. The van der Waals surface area contributed by atoms with Crippen molar-refractivity contribution in [3.63, 3.8) is 0 Å². The third-order valence-corrected chi connectivity index (χ3v) is 4.42. The fourth-order valence-electron chi connectivity index (χ4n) is 3.24. The molecule has 2 aromatic carbocycles. The summed E-state index contributed by atoms with van der Waals surface area (Å²) in [6.07, 6.45) is 0. The lowest BCUT2D eigenvalue weighted by Crippen LogP contribution is -2.27. The molecule has 5 heteroatoms. The van der Waals surface area contributed by atoms with Crippen LogP contribution in [-0.2, 0) is 0 Å². The smallest absolute Gasteiger partial charge is 0.276 e. The Bertz CT molecular complexity index is 857. The second-order valence-corrected chi connectivity index (χ2v) is 6.22. The minimum atomic E-state index is -0.470. The number of rotatable bonds is 3. The molecule has 3 rings (SSSR count). The molecule has 0 saturated carbocycles. The summed E-state index contributed by atoms with van der Waals surface area (Å²) in [5, 5.41) is 15.5. The van der Waals surface area contributed by atoms with Gasteiger partial charge >= 0.3 is 0 Å². The summed E-state index contributed by atoms with van der Waals surface area (Å²) in [6, 6.07) is 17.0. The summed E-state index contributed by atoms with van der Waals surface area (Å²) in [4.78, 5) is 11.5. The molecular formula is C19H17ClN2O2. The van der Waals surface area contributed by atoms with Crippen LogP contribution in [-0.4, -0.2) is 4.92 Å². The van der Waals surface area contributed by atoms with Gasteiger partial charge in [-0.2, -0.15) is 0 Å². The number of nitro groups is 1. The summed E-state index contributed by atoms with van der Waals surface area (Å²) >= 11 is 6.14. The molecular weight excluding hydrogens is 324 g/mol. The van der Waals surface area contributed by atoms with Crippen LogP contribution in [0.1, 0.15) is 30.9 Å². The highest BCUT2D eigenvalue weighted by Crippen LogP contribution is 2.43. The van der Waals surface area contributed by atoms with E-state index in [1.165, 1.54) is 0 Å². The van der Waals surface area contributed by atoms with E-state index in [2.05, 4.69) is 5.32 Å². The van der Waals surface area contributed by atoms with Crippen LogP contribution in [0.15, 0.2) is 71.7 Å². The SMILES string of the molecule is CC1=C(c2ccccc2)C(c2cccc(Cl)c2)C([N+](=O)[O-])=C(C)N1. The first-order chi connectivity index (χ1) is 11.5. The topological polar surface area (TPSA) is 55.2 Å². The number of hydrogen-bond donors (Lipinski definition) is 1. The summed E-state index contributed by atoms with van der Waals surface area (Å²) < 4.78 is 0. The molecule has 24 heavy (non-hydrogen) atoms. The van der Waals surface area contributed by atoms with E-state index in [4.69, 9.17) is 11.6 Å². The number of benzene rings is 2. The van der Waals surface area contributed by atoms with Crippen LogP contribution in [0, 0.1) is 10.1 Å². The van der Waals surface area contributed by atoms with Crippen LogP contribution >= 0.6 is 11.6 Å². The second-order valence-electron chi connectivity index (χ2n) is 5.79. The lowest BCUT2D eigenvalue weighted by atomic mass is 9.81. The molecule has 0 aliphatic carbocycles. The van der Waals surface area contributed by atoms with E-state index < -0.39 is 5.92 Å². The van der Waals surface area contributed by atoms with Crippen LogP contribution < -0.4 is 5.32 Å². The molecule has 0 spiro atoms. The Kier molecular flexibility index (Phi) is 4.40. The molecule has 0 fully saturated rings. The zero-order valence-corrected chi connectivity index (χ0v) is 14.2. The molecule has 1 aliphatic rings. The van der Waals surface area contributed by atoms with Gasteiger partial charge in [-0.1, -0.05) is 54.1 Å². The highest BCUT2D eigenvalue weighted by Gasteiger charge is 2.37. The molecule has 122 valence electrons. The Morgan fingerprint density at radius 1 is 1.04 bits per heavy atom. The van der Waals surface area contributed by atoms with Gasteiger partial charge in [0, 0.05) is 10.7 Å². The van der Waals surface area contributed by atoms with Crippen LogP contribution in [0.2, 0.25) is 5.02 Å². The third kappa shape index (κ3) is 2.93. The van der Waals surface area contributed by atoms with Crippen LogP contribution in [0.5, 0.6) is 0 Å². The van der Waals surface area contributed by atoms with Gasteiger partial charge in [-0.15, -0.1) is 0 Å². The normalized spacial score (nSPS) is 17.7. The molecule has 0 saturated heterocycles. The van der Waals surface area contributed by atoms with E-state index in [0.29, 0.717) is 10.7 Å². The lowest BCUT2D eigenvalue weighted by Gasteiger charge is -2.28. The van der Waals surface area contributed by atoms with Crippen molar-refractivity contribution in [2.45, 2.75) is 19.8 Å². The first-order valence-electron chi connectivity index (χ1n) is 7.63. The Morgan fingerprint density at radius 2 is 1.75 bits per heavy atom. The van der Waals surface area contributed by atoms with Gasteiger partial charge in [0.15, 0.2) is 0 Å². The van der Waals surface area contributed by atoms with Gasteiger partial charge in [0.2, 0.25) is 0 Å². The number of nitrogens with one attached hydrogen (secondary N) is 1. The minimum absolute atomic E-state index is 0.154. The summed E-state index contributed by atoms with van der Waals surface area (Å²) in [5.74, 6) is -0.470. The molecule has 0 aromatic heterocycles. The average molecular weight is 341 g/mol. The Morgan fingerprint density at radius 3 is 2.38 bits per heavy atom. The van der Waals surface area contributed by atoms with E-state index >= 15 is 0 Å². The Balaban J connectivity index is 2.25. The van der Waals surface area contributed by atoms with Crippen molar-refractivity contribution < 1.29 is 4.92 Å². The molecule has 2 aromatic rings. The molecule has 4 nitrogen and oxygen atoms in total. The molecule has 1 N–H and O–H groups in total. The fourth-order valence-corrected chi connectivity index (χ4v) is 3.43. The van der Waals surface area contributed by atoms with Crippen LogP contribution in [0.25, 0.3) is 5.57 Å². The number of allylic oxidation sites excluding steroid dienone is 3. The predicted octanol–water partition coefficient (Wildman–Crippen LogP) is 4.97. The summed E-state index contributed by atoms with van der Waals surface area (Å²) in [7, 11) is 0. The van der Waals surface area contributed by atoms with Crippen molar-refractivity contribution in [1.82, 2.24) is 5.32 Å². The molecule has 1 heterocycles. The lowest BCUT2D eigenvalue weighted by molar-refractivity contribution is -0.430. The van der Waals surface area contributed by atoms with E-state index in [1.54, 1.807) is 19.1 Å². The summed E-state index contributed by atoms with van der Waals surface area (Å²) in [5.41, 5.74) is 4.29. The first kappa shape index (κ1) is 16.3. The quantitative estimate of drug-likeness (QED) is 0.634. The number of hydrogen-bond acceptors (Lipinski definition) is 3. The van der Waals surface area contributed by atoms with E-state index in [0.717, 1.165) is 22.4 Å². The third-order valence-electron chi connectivity index (χ3n) is 4.19. The van der Waals surface area contributed by atoms with Gasteiger partial charge in [-0.05, 0) is 42.7 Å². The van der Waals surface area contributed by atoms with Gasteiger partial charge in [-0.25, -0.2) is 0 Å². The highest BCUT2D eigenvalue weighted by molar-refractivity contribution is 6.30. The molecule has 0 amide bonds. The van der Waals surface area contributed by atoms with Crippen LogP contribution in [0.4, 0.5) is 0 Å². The van der Waals surface area contributed by atoms with Crippen molar-refractivity contribution >= 4 is 17.2 Å². The van der Waals surface area contributed by atoms with Gasteiger partial charge in [-0.3, -0.25) is 10.1 Å². The average Bonchev–Trinajstić information content (AvgIpc) is 2.54. The van der Waals surface area contributed by atoms with Gasteiger partial charge in [0.25, 0.3) is 5.70 Å². The van der Waals surface area contributed by atoms with Crippen LogP contribution in [0.3, 0.4) is 0 Å². The van der Waals surface area contributed by atoms with Gasteiger partial charge in [0.1, 0.15) is 5.92 Å². The zero-order chi connectivity index (χ0) is 17.3. The van der Waals surface area contributed by atoms with Crippen molar-refractivity contribution in [2.24, 2.45) is 0 Å². The number of nitrogens with zero attached hydrogens (tertiary/aromatic N) is 1. The molecule has 1 aliphatic heterocycles. The standard InChI is InChI=1S/C19H17ClN2O2/c1-12-17(14-7-4-3-5-8-14)18(15-9-6-10-16(20)11-15)19(22(23)24)13(2)21-12/h3-11,18,21H,1-2H3. The number of dihydropyridines is 1. The van der Waals surface area contributed by atoms with E-state index in [1.807, 2.05) is 49.4 Å². The van der Waals surface area contributed by atoms with Crippen molar-refractivity contribution in [1.29, 1.82) is 0 Å². The molecule has 1 atom stereocenters. The maximum Gasteiger partial charge on any atom is 0.276 e. The number of halogens is 1. The Labute approximate surface area is 145 Å². The molecule has 0 radical (unpaired) electrons. The monoisotopic (exact) mass is 340 g/mol.